The zero-order valence-electron chi connectivity index (χ0n) is 13.7. The minimum atomic E-state index is -2.34. The van der Waals surface area contributed by atoms with Crippen molar-refractivity contribution in [3.8, 4) is 0 Å². The van der Waals surface area contributed by atoms with E-state index in [2.05, 4.69) is 15.9 Å². The molecule has 2 aromatic carbocycles. The van der Waals surface area contributed by atoms with Gasteiger partial charge in [0.05, 0.1) is 5.69 Å². The van der Waals surface area contributed by atoms with Crippen molar-refractivity contribution >= 4 is 61.3 Å². The van der Waals surface area contributed by atoms with Crippen molar-refractivity contribution < 1.29 is 22.7 Å². The molecular weight excluding hydrogens is 422 g/mol. The third kappa shape index (κ3) is 2.82. The smallest absolute Gasteiger partial charge is 0.295 e. The first-order chi connectivity index (χ1) is 12.5. The van der Waals surface area contributed by atoms with E-state index in [9.17, 15) is 13.6 Å². The lowest BCUT2D eigenvalue weighted by molar-refractivity contribution is -0.141. The standard InChI is InChI=1S/C18H16BrNO5S/c19-12-3-5-14-15-10-13(4-6-16(15)25-17(14)9-12)20(26(22)23)18(24-11-21)7-1-2-8-18/h3-6,9-11H,1-2,7-8H2,(H,22,23). The molecule has 4 rings (SSSR count). The molecule has 0 aliphatic heterocycles. The fourth-order valence-corrected chi connectivity index (χ4v) is 4.86. The van der Waals surface area contributed by atoms with E-state index in [1.807, 2.05) is 18.2 Å². The van der Waals surface area contributed by atoms with Gasteiger partial charge >= 0.3 is 0 Å². The average molecular weight is 438 g/mol. The highest BCUT2D eigenvalue weighted by Gasteiger charge is 2.45. The number of nitrogens with zero attached hydrogens (tertiary/aromatic N) is 1. The molecule has 3 aromatic rings. The maximum atomic E-state index is 12.2. The molecule has 8 heteroatoms. The molecular formula is C18H16BrNO5S. The Bertz CT molecular complexity index is 1010. The minimum absolute atomic E-state index is 0.356. The van der Waals surface area contributed by atoms with Crippen LogP contribution in [0.25, 0.3) is 21.9 Å². The third-order valence-electron chi connectivity index (χ3n) is 4.83. The maximum Gasteiger partial charge on any atom is 0.295 e. The average Bonchev–Trinajstić information content (AvgIpc) is 3.19. The van der Waals surface area contributed by atoms with Crippen LogP contribution in [0.4, 0.5) is 5.69 Å². The van der Waals surface area contributed by atoms with Gasteiger partial charge in [-0.3, -0.25) is 9.35 Å². The fourth-order valence-electron chi connectivity index (χ4n) is 3.72. The second-order valence-electron chi connectivity index (χ2n) is 6.32. The Morgan fingerprint density at radius 1 is 1.15 bits per heavy atom. The highest BCUT2D eigenvalue weighted by molar-refractivity contribution is 9.10. The first kappa shape index (κ1) is 17.5. The van der Waals surface area contributed by atoms with Crippen molar-refractivity contribution in [2.75, 3.05) is 4.31 Å². The summed E-state index contributed by atoms with van der Waals surface area (Å²) < 4.78 is 35.5. The number of carbonyl (C=O) groups excluding carboxylic acids is 1. The molecule has 1 aromatic heterocycles. The van der Waals surface area contributed by atoms with E-state index >= 15 is 0 Å². The summed E-state index contributed by atoms with van der Waals surface area (Å²) >= 11 is 1.08. The van der Waals surface area contributed by atoms with Crippen molar-refractivity contribution in [1.82, 2.24) is 0 Å². The summed E-state index contributed by atoms with van der Waals surface area (Å²) in [4.78, 5) is 11.1. The lowest BCUT2D eigenvalue weighted by Gasteiger charge is -2.37. The second kappa shape index (κ2) is 6.68. The van der Waals surface area contributed by atoms with Crippen LogP contribution in [-0.4, -0.2) is 21.0 Å². The second-order valence-corrected chi connectivity index (χ2v) is 8.06. The van der Waals surface area contributed by atoms with Crippen molar-refractivity contribution in [1.29, 1.82) is 0 Å². The van der Waals surface area contributed by atoms with Crippen LogP contribution < -0.4 is 4.31 Å². The number of fused-ring (bicyclic) bond motifs is 3. The van der Waals surface area contributed by atoms with Gasteiger partial charge < -0.3 is 9.15 Å². The lowest BCUT2D eigenvalue weighted by atomic mass is 10.1. The van der Waals surface area contributed by atoms with E-state index in [4.69, 9.17) is 9.15 Å². The summed E-state index contributed by atoms with van der Waals surface area (Å²) in [6.07, 6.45) is 2.67. The molecule has 6 nitrogen and oxygen atoms in total. The molecule has 1 heterocycles. The summed E-state index contributed by atoms with van der Waals surface area (Å²) in [6, 6.07) is 11.0. The molecule has 26 heavy (non-hydrogen) atoms. The van der Waals surface area contributed by atoms with Crippen LogP contribution >= 0.6 is 15.9 Å². The largest absolute Gasteiger partial charge is 0.456 e. The number of ether oxygens (including phenoxy) is 1. The SMILES string of the molecule is O=COC1(N(c2ccc3oc4cc(Br)ccc4c3c2)S(=O)O)CCCC1. The Hall–Kier alpha value is -1.90. The van der Waals surface area contributed by atoms with E-state index < -0.39 is 17.0 Å². The first-order valence-corrected chi connectivity index (χ1v) is 10.0. The van der Waals surface area contributed by atoms with Crippen molar-refractivity contribution in [2.45, 2.75) is 31.4 Å². The summed E-state index contributed by atoms with van der Waals surface area (Å²) in [5.74, 6) is 0. The molecule has 0 spiro atoms. The van der Waals surface area contributed by atoms with Crippen LogP contribution in [-0.2, 0) is 20.8 Å². The molecule has 1 saturated carbocycles. The molecule has 0 bridgehead atoms. The van der Waals surface area contributed by atoms with E-state index in [0.717, 1.165) is 33.7 Å². The molecule has 0 saturated heterocycles. The molecule has 136 valence electrons. The number of hydrogen-bond acceptors (Lipinski definition) is 4. The number of furan rings is 1. The normalized spacial score (nSPS) is 17.5. The van der Waals surface area contributed by atoms with Gasteiger partial charge in [-0.1, -0.05) is 15.9 Å². The van der Waals surface area contributed by atoms with Crippen molar-refractivity contribution in [3.05, 3.63) is 40.9 Å². The molecule has 1 N–H and O–H groups in total. The number of hydrogen-bond donors (Lipinski definition) is 1. The quantitative estimate of drug-likeness (QED) is 0.354. The van der Waals surface area contributed by atoms with Crippen LogP contribution in [0.2, 0.25) is 0 Å². The molecule has 1 fully saturated rings. The predicted molar refractivity (Wildman–Crippen MR) is 103 cm³/mol. The van der Waals surface area contributed by atoms with Gasteiger partial charge in [-0.25, -0.2) is 8.51 Å². The lowest BCUT2D eigenvalue weighted by Crippen LogP contribution is -2.49. The predicted octanol–water partition coefficient (Wildman–Crippen LogP) is 4.73. The van der Waals surface area contributed by atoms with Crippen LogP contribution in [0.3, 0.4) is 0 Å². The molecule has 1 aliphatic rings. The van der Waals surface area contributed by atoms with Crippen LogP contribution in [0, 0.1) is 0 Å². The maximum absolute atomic E-state index is 12.2. The number of carbonyl (C=O) groups is 1. The van der Waals surface area contributed by atoms with Crippen molar-refractivity contribution in [2.24, 2.45) is 0 Å². The van der Waals surface area contributed by atoms with Gasteiger partial charge in [0, 0.05) is 28.1 Å². The Balaban J connectivity index is 1.88. The Labute approximate surface area is 160 Å². The summed E-state index contributed by atoms with van der Waals surface area (Å²) in [7, 11) is 0. The third-order valence-corrected chi connectivity index (χ3v) is 6.18. The number of halogens is 1. The number of benzene rings is 2. The number of rotatable bonds is 5. The fraction of sp³-hybridized carbons (Fsp3) is 0.278. The van der Waals surface area contributed by atoms with E-state index in [-0.39, 0.29) is 0 Å². The van der Waals surface area contributed by atoms with Gasteiger partial charge in [-0.15, -0.1) is 0 Å². The Morgan fingerprint density at radius 2 is 1.92 bits per heavy atom. The highest BCUT2D eigenvalue weighted by Crippen LogP contribution is 2.41. The molecule has 1 aliphatic carbocycles. The Morgan fingerprint density at radius 3 is 2.62 bits per heavy atom. The van der Waals surface area contributed by atoms with E-state index in [0.29, 0.717) is 30.6 Å². The van der Waals surface area contributed by atoms with Gasteiger partial charge in [0.2, 0.25) is 0 Å². The summed E-state index contributed by atoms with van der Waals surface area (Å²) in [5.41, 5.74) is 0.815. The molecule has 0 radical (unpaired) electrons. The number of anilines is 1. The summed E-state index contributed by atoms with van der Waals surface area (Å²) in [5, 5.41) is 1.74. The van der Waals surface area contributed by atoms with Gasteiger partial charge in [-0.05, 0) is 49.2 Å². The Kier molecular flexibility index (Phi) is 4.50. The monoisotopic (exact) mass is 437 g/mol. The molecule has 1 unspecified atom stereocenters. The van der Waals surface area contributed by atoms with Gasteiger partial charge in [-0.2, -0.15) is 0 Å². The zero-order chi connectivity index (χ0) is 18.3. The zero-order valence-corrected chi connectivity index (χ0v) is 16.1. The molecule has 0 amide bonds. The van der Waals surface area contributed by atoms with Crippen LogP contribution in [0.5, 0.6) is 0 Å². The van der Waals surface area contributed by atoms with Crippen LogP contribution in [0.1, 0.15) is 25.7 Å². The van der Waals surface area contributed by atoms with Gasteiger partial charge in [0.25, 0.3) is 17.7 Å². The van der Waals surface area contributed by atoms with Crippen LogP contribution in [0.15, 0.2) is 45.3 Å². The summed E-state index contributed by atoms with van der Waals surface area (Å²) in [6.45, 7) is 0.356. The molecule has 1 atom stereocenters. The minimum Gasteiger partial charge on any atom is -0.456 e. The topological polar surface area (TPSA) is 80.0 Å². The van der Waals surface area contributed by atoms with Gasteiger partial charge in [0.1, 0.15) is 11.2 Å². The van der Waals surface area contributed by atoms with Crippen molar-refractivity contribution in [3.63, 3.8) is 0 Å². The highest BCUT2D eigenvalue weighted by atomic mass is 79.9. The van der Waals surface area contributed by atoms with Gasteiger partial charge in [0.15, 0.2) is 5.72 Å². The van der Waals surface area contributed by atoms with E-state index in [1.54, 1.807) is 18.2 Å². The first-order valence-electron chi connectivity index (χ1n) is 8.18. The van der Waals surface area contributed by atoms with E-state index in [1.165, 1.54) is 4.31 Å².